The van der Waals surface area contributed by atoms with E-state index in [0.717, 1.165) is 31.4 Å². The van der Waals surface area contributed by atoms with Gasteiger partial charge < -0.3 is 10.5 Å². The van der Waals surface area contributed by atoms with Crippen molar-refractivity contribution in [2.45, 2.75) is 44.8 Å². The Morgan fingerprint density at radius 1 is 1.42 bits per heavy atom. The maximum Gasteiger partial charge on any atom is 0.137 e. The van der Waals surface area contributed by atoms with Gasteiger partial charge in [-0.1, -0.05) is 37.3 Å². The van der Waals surface area contributed by atoms with Crippen LogP contribution in [0, 0.1) is 5.92 Å². The van der Waals surface area contributed by atoms with Crippen LogP contribution >= 0.6 is 0 Å². The molecule has 1 aliphatic heterocycles. The highest BCUT2D eigenvalue weighted by atomic mass is 16.5. The fourth-order valence-corrected chi connectivity index (χ4v) is 2.57. The van der Waals surface area contributed by atoms with Crippen LogP contribution in [0.2, 0.25) is 0 Å². The molecular weight excluding hydrogens is 238 g/mol. The number of benzene rings is 1. The van der Waals surface area contributed by atoms with E-state index in [1.165, 1.54) is 0 Å². The van der Waals surface area contributed by atoms with Crippen molar-refractivity contribution in [2.75, 3.05) is 6.61 Å². The van der Waals surface area contributed by atoms with Crippen LogP contribution in [0.5, 0.6) is 0 Å². The molecule has 19 heavy (non-hydrogen) atoms. The third-order valence-electron chi connectivity index (χ3n) is 3.97. The molecule has 3 atom stereocenters. The van der Waals surface area contributed by atoms with Crippen LogP contribution in [0.3, 0.4) is 0 Å². The van der Waals surface area contributed by atoms with Crippen molar-refractivity contribution in [3.63, 3.8) is 0 Å². The molecule has 0 saturated carbocycles. The molecule has 2 N–H and O–H groups in total. The SMILES string of the molecule is CC(C(=O)CCC1CCCO1)C(N)c1ccccc1. The number of hydrogen-bond donors (Lipinski definition) is 1. The number of rotatable bonds is 6. The number of nitrogens with two attached hydrogens (primary N) is 1. The van der Waals surface area contributed by atoms with Crippen LogP contribution in [-0.2, 0) is 9.53 Å². The molecule has 1 heterocycles. The number of hydrogen-bond acceptors (Lipinski definition) is 3. The third kappa shape index (κ3) is 3.88. The quantitative estimate of drug-likeness (QED) is 0.856. The average molecular weight is 261 g/mol. The minimum atomic E-state index is -0.210. The van der Waals surface area contributed by atoms with Crippen LogP contribution in [-0.4, -0.2) is 18.5 Å². The molecule has 2 rings (SSSR count). The molecule has 3 nitrogen and oxygen atoms in total. The van der Waals surface area contributed by atoms with Crippen molar-refractivity contribution < 1.29 is 9.53 Å². The molecule has 0 amide bonds. The number of carbonyl (C=O) groups excluding carboxylic acids is 1. The van der Waals surface area contributed by atoms with Gasteiger partial charge in [0.2, 0.25) is 0 Å². The first-order valence-electron chi connectivity index (χ1n) is 7.13. The Hall–Kier alpha value is -1.19. The van der Waals surface area contributed by atoms with Crippen molar-refractivity contribution >= 4 is 5.78 Å². The number of ether oxygens (including phenoxy) is 1. The summed E-state index contributed by atoms with van der Waals surface area (Å²) in [5, 5.41) is 0. The number of ketones is 1. The van der Waals surface area contributed by atoms with E-state index in [1.54, 1.807) is 0 Å². The maximum atomic E-state index is 12.2. The summed E-state index contributed by atoms with van der Waals surface area (Å²) in [6, 6.07) is 9.62. The summed E-state index contributed by atoms with van der Waals surface area (Å²) in [5.41, 5.74) is 7.20. The lowest BCUT2D eigenvalue weighted by atomic mass is 9.89. The molecule has 3 unspecified atom stereocenters. The third-order valence-corrected chi connectivity index (χ3v) is 3.97. The first-order chi connectivity index (χ1) is 9.18. The van der Waals surface area contributed by atoms with Crippen molar-refractivity contribution in [1.82, 2.24) is 0 Å². The molecule has 0 bridgehead atoms. The predicted molar refractivity (Wildman–Crippen MR) is 75.7 cm³/mol. The van der Waals surface area contributed by atoms with Gasteiger partial charge in [0.25, 0.3) is 0 Å². The van der Waals surface area contributed by atoms with Crippen molar-refractivity contribution in [2.24, 2.45) is 11.7 Å². The Bertz CT molecular complexity index is 398. The Morgan fingerprint density at radius 3 is 2.79 bits per heavy atom. The first kappa shape index (κ1) is 14.2. The largest absolute Gasteiger partial charge is 0.378 e. The Labute approximate surface area is 115 Å². The number of carbonyl (C=O) groups is 1. The summed E-state index contributed by atoms with van der Waals surface area (Å²) in [6.07, 6.45) is 3.91. The molecule has 0 radical (unpaired) electrons. The second kappa shape index (κ2) is 6.83. The molecule has 1 aromatic rings. The lowest BCUT2D eigenvalue weighted by Crippen LogP contribution is -2.26. The topological polar surface area (TPSA) is 52.3 Å². The van der Waals surface area contributed by atoms with Gasteiger partial charge in [-0.25, -0.2) is 0 Å². The van der Waals surface area contributed by atoms with E-state index < -0.39 is 0 Å². The lowest BCUT2D eigenvalue weighted by molar-refractivity contribution is -0.123. The van der Waals surface area contributed by atoms with E-state index in [-0.39, 0.29) is 23.8 Å². The smallest absolute Gasteiger partial charge is 0.137 e. The second-order valence-electron chi connectivity index (χ2n) is 5.37. The first-order valence-corrected chi connectivity index (χ1v) is 7.13. The second-order valence-corrected chi connectivity index (χ2v) is 5.37. The minimum absolute atomic E-state index is 0.135. The molecule has 1 aliphatic rings. The maximum absolute atomic E-state index is 12.2. The highest BCUT2D eigenvalue weighted by Gasteiger charge is 2.23. The predicted octanol–water partition coefficient (Wildman–Crippen LogP) is 2.85. The monoisotopic (exact) mass is 261 g/mol. The summed E-state index contributed by atoms with van der Waals surface area (Å²) in [6.45, 7) is 2.77. The number of Topliss-reactive ketones (excluding diaryl/α,β-unsaturated/α-hetero) is 1. The fraction of sp³-hybridized carbons (Fsp3) is 0.562. The highest BCUT2D eigenvalue weighted by molar-refractivity contribution is 5.81. The van der Waals surface area contributed by atoms with Gasteiger partial charge in [0.1, 0.15) is 5.78 Å². The fourth-order valence-electron chi connectivity index (χ4n) is 2.57. The van der Waals surface area contributed by atoms with E-state index in [2.05, 4.69) is 0 Å². The van der Waals surface area contributed by atoms with Crippen LogP contribution < -0.4 is 5.73 Å². The highest BCUT2D eigenvalue weighted by Crippen LogP contribution is 2.23. The summed E-state index contributed by atoms with van der Waals surface area (Å²) in [4.78, 5) is 12.2. The minimum Gasteiger partial charge on any atom is -0.378 e. The van der Waals surface area contributed by atoms with Gasteiger partial charge in [0.15, 0.2) is 0 Å². The van der Waals surface area contributed by atoms with Gasteiger partial charge in [-0.15, -0.1) is 0 Å². The van der Waals surface area contributed by atoms with Crippen molar-refractivity contribution in [3.8, 4) is 0 Å². The molecule has 1 aromatic carbocycles. The standard InChI is InChI=1S/C16H23NO2/c1-12(16(17)13-6-3-2-4-7-13)15(18)10-9-14-8-5-11-19-14/h2-4,6-7,12,14,16H,5,8-11,17H2,1H3. The van der Waals surface area contributed by atoms with E-state index in [4.69, 9.17) is 10.5 Å². The zero-order valence-electron chi connectivity index (χ0n) is 11.5. The molecule has 0 aromatic heterocycles. The summed E-state index contributed by atoms with van der Waals surface area (Å²) >= 11 is 0. The molecule has 0 aliphatic carbocycles. The van der Waals surface area contributed by atoms with E-state index >= 15 is 0 Å². The molecule has 0 spiro atoms. The summed E-state index contributed by atoms with van der Waals surface area (Å²) < 4.78 is 5.54. The van der Waals surface area contributed by atoms with Crippen LogP contribution in [0.4, 0.5) is 0 Å². The van der Waals surface area contributed by atoms with Crippen LogP contribution in [0.1, 0.15) is 44.2 Å². The van der Waals surface area contributed by atoms with Crippen molar-refractivity contribution in [1.29, 1.82) is 0 Å². The van der Waals surface area contributed by atoms with Gasteiger partial charge in [-0.3, -0.25) is 4.79 Å². The Kier molecular flexibility index (Phi) is 5.11. The van der Waals surface area contributed by atoms with Crippen LogP contribution in [0.25, 0.3) is 0 Å². The molecular formula is C16H23NO2. The molecule has 1 fully saturated rings. The van der Waals surface area contributed by atoms with Gasteiger partial charge in [-0.2, -0.15) is 0 Å². The van der Waals surface area contributed by atoms with Gasteiger partial charge in [-0.05, 0) is 24.8 Å². The normalized spacial score (nSPS) is 22.1. The van der Waals surface area contributed by atoms with E-state index in [0.29, 0.717) is 6.42 Å². The van der Waals surface area contributed by atoms with Crippen LogP contribution in [0.15, 0.2) is 30.3 Å². The van der Waals surface area contributed by atoms with E-state index in [1.807, 2.05) is 37.3 Å². The van der Waals surface area contributed by atoms with Gasteiger partial charge in [0, 0.05) is 25.0 Å². The average Bonchev–Trinajstić information content (AvgIpc) is 2.97. The zero-order valence-corrected chi connectivity index (χ0v) is 11.5. The Balaban J connectivity index is 1.84. The summed E-state index contributed by atoms with van der Waals surface area (Å²) in [5.74, 6) is 0.107. The molecule has 104 valence electrons. The van der Waals surface area contributed by atoms with Gasteiger partial charge in [0.05, 0.1) is 6.10 Å². The van der Waals surface area contributed by atoms with E-state index in [9.17, 15) is 4.79 Å². The summed E-state index contributed by atoms with van der Waals surface area (Å²) in [7, 11) is 0. The zero-order chi connectivity index (χ0) is 13.7. The lowest BCUT2D eigenvalue weighted by Gasteiger charge is -2.20. The van der Waals surface area contributed by atoms with Gasteiger partial charge >= 0.3 is 0 Å². The molecule has 3 heteroatoms. The Morgan fingerprint density at radius 2 is 2.16 bits per heavy atom. The van der Waals surface area contributed by atoms with Crippen molar-refractivity contribution in [3.05, 3.63) is 35.9 Å². The molecule has 1 saturated heterocycles.